The summed E-state index contributed by atoms with van der Waals surface area (Å²) in [4.78, 5) is 5.07. The van der Waals surface area contributed by atoms with Crippen molar-refractivity contribution in [3.8, 4) is 0 Å². The van der Waals surface area contributed by atoms with Crippen LogP contribution in [0.15, 0.2) is 0 Å². The molecule has 0 aromatic heterocycles. The quantitative estimate of drug-likeness (QED) is 0.777. The molecule has 0 spiro atoms. The van der Waals surface area contributed by atoms with Gasteiger partial charge in [0.1, 0.15) is 0 Å². The van der Waals surface area contributed by atoms with Crippen LogP contribution in [-0.2, 0) is 0 Å². The van der Waals surface area contributed by atoms with E-state index in [-0.39, 0.29) is 5.54 Å². The second-order valence-electron chi connectivity index (χ2n) is 8.02. The van der Waals surface area contributed by atoms with Crippen LogP contribution in [0.1, 0.15) is 40.5 Å². The molecule has 2 fully saturated rings. The van der Waals surface area contributed by atoms with E-state index in [0.717, 1.165) is 19.6 Å². The molecular weight excluding hydrogens is 262 g/mol. The molecule has 4 heteroatoms. The second kappa shape index (κ2) is 6.95. The summed E-state index contributed by atoms with van der Waals surface area (Å²) < 4.78 is 0. The Morgan fingerprint density at radius 2 is 1.95 bits per heavy atom. The van der Waals surface area contributed by atoms with E-state index >= 15 is 0 Å². The molecule has 2 rings (SSSR count). The highest BCUT2D eigenvalue weighted by molar-refractivity contribution is 4.94. The average Bonchev–Trinajstić information content (AvgIpc) is 2.36. The first kappa shape index (κ1) is 17.2. The number of rotatable bonds is 6. The first-order valence-electron chi connectivity index (χ1n) is 8.63. The van der Waals surface area contributed by atoms with Gasteiger partial charge in [0.25, 0.3) is 0 Å². The van der Waals surface area contributed by atoms with Crippen LogP contribution in [0.25, 0.3) is 0 Å². The number of nitrogens with zero attached hydrogens (tertiary/aromatic N) is 2. The number of likely N-dealkylation sites (N-methyl/N-ethyl adjacent to an activating group) is 1. The van der Waals surface area contributed by atoms with E-state index in [4.69, 9.17) is 0 Å². The van der Waals surface area contributed by atoms with Crippen LogP contribution in [0, 0.1) is 11.8 Å². The zero-order valence-corrected chi connectivity index (χ0v) is 14.6. The Morgan fingerprint density at radius 3 is 2.43 bits per heavy atom. The van der Waals surface area contributed by atoms with Gasteiger partial charge in [0.2, 0.25) is 0 Å². The third-order valence-corrected chi connectivity index (χ3v) is 5.91. The van der Waals surface area contributed by atoms with Crippen LogP contribution in [0.5, 0.6) is 0 Å². The fourth-order valence-electron chi connectivity index (χ4n) is 3.88. The molecule has 0 aromatic carbocycles. The smallest absolute Gasteiger partial charge is 0.0474 e. The molecule has 0 amide bonds. The van der Waals surface area contributed by atoms with E-state index in [0.29, 0.717) is 30.5 Å². The molecule has 0 bridgehead atoms. The van der Waals surface area contributed by atoms with Gasteiger partial charge in [-0.15, -0.1) is 0 Å². The Kier molecular flexibility index (Phi) is 5.69. The largest absolute Gasteiger partial charge is 0.396 e. The first-order valence-corrected chi connectivity index (χ1v) is 8.63. The van der Waals surface area contributed by atoms with Crippen LogP contribution in [0.2, 0.25) is 0 Å². The monoisotopic (exact) mass is 297 g/mol. The minimum atomic E-state index is 0.213. The van der Waals surface area contributed by atoms with E-state index in [1.54, 1.807) is 0 Å². The molecule has 2 N–H and O–H groups in total. The number of likely N-dealkylation sites (tertiary alicyclic amines) is 1. The summed E-state index contributed by atoms with van der Waals surface area (Å²) in [5.74, 6) is 1.09. The van der Waals surface area contributed by atoms with Crippen LogP contribution in [0.4, 0.5) is 0 Å². The molecule has 0 radical (unpaired) electrons. The van der Waals surface area contributed by atoms with Gasteiger partial charge in [-0.1, -0.05) is 0 Å². The van der Waals surface area contributed by atoms with Crippen LogP contribution in [-0.4, -0.2) is 72.4 Å². The lowest BCUT2D eigenvalue weighted by Gasteiger charge is -2.49. The van der Waals surface area contributed by atoms with Crippen molar-refractivity contribution in [1.82, 2.24) is 15.1 Å². The highest BCUT2D eigenvalue weighted by atomic mass is 16.3. The topological polar surface area (TPSA) is 38.7 Å². The van der Waals surface area contributed by atoms with Gasteiger partial charge in [0, 0.05) is 43.9 Å². The van der Waals surface area contributed by atoms with Crippen molar-refractivity contribution in [1.29, 1.82) is 0 Å². The molecule has 4 nitrogen and oxygen atoms in total. The van der Waals surface area contributed by atoms with Crippen molar-refractivity contribution < 1.29 is 5.11 Å². The Labute approximate surface area is 130 Å². The van der Waals surface area contributed by atoms with E-state index in [2.05, 4.69) is 49.9 Å². The van der Waals surface area contributed by atoms with Gasteiger partial charge < -0.3 is 15.3 Å². The van der Waals surface area contributed by atoms with Gasteiger partial charge in [-0.3, -0.25) is 4.90 Å². The van der Waals surface area contributed by atoms with E-state index in [9.17, 15) is 5.11 Å². The first-order chi connectivity index (χ1) is 9.85. The lowest BCUT2D eigenvalue weighted by atomic mass is 9.76. The van der Waals surface area contributed by atoms with Gasteiger partial charge >= 0.3 is 0 Å². The highest BCUT2D eigenvalue weighted by Gasteiger charge is 2.38. The number of piperidine rings is 1. The Bertz CT molecular complexity index is 328. The van der Waals surface area contributed by atoms with Gasteiger partial charge in [-0.05, 0) is 66.0 Å². The molecule has 2 aliphatic rings. The second-order valence-corrected chi connectivity index (χ2v) is 8.02. The summed E-state index contributed by atoms with van der Waals surface area (Å²) >= 11 is 0. The summed E-state index contributed by atoms with van der Waals surface area (Å²) in [5.41, 5.74) is 0.213. The average molecular weight is 297 g/mol. The number of aliphatic hydroxyl groups excluding tert-OH is 1. The molecule has 0 aromatic rings. The lowest BCUT2D eigenvalue weighted by Crippen LogP contribution is -2.62. The summed E-state index contributed by atoms with van der Waals surface area (Å²) in [7, 11) is 2.27. The third kappa shape index (κ3) is 3.98. The lowest BCUT2D eigenvalue weighted by molar-refractivity contribution is 0.00418. The van der Waals surface area contributed by atoms with Crippen molar-refractivity contribution in [3.63, 3.8) is 0 Å². The fourth-order valence-corrected chi connectivity index (χ4v) is 3.88. The summed E-state index contributed by atoms with van der Waals surface area (Å²) in [6, 6.07) is 1.28. The molecule has 124 valence electrons. The van der Waals surface area contributed by atoms with Crippen LogP contribution < -0.4 is 5.32 Å². The molecule has 2 atom stereocenters. The number of hydrogen-bond acceptors (Lipinski definition) is 4. The van der Waals surface area contributed by atoms with Crippen molar-refractivity contribution >= 4 is 0 Å². The fraction of sp³-hybridized carbons (Fsp3) is 1.00. The zero-order chi connectivity index (χ0) is 15.6. The van der Waals surface area contributed by atoms with Gasteiger partial charge in [-0.25, -0.2) is 0 Å². The molecular formula is C17H35N3O. The SMILES string of the molecule is CC(C)N1CCC(CC(C)(C)N(C)C2CNC2)[C@@H](CO)C1. The van der Waals surface area contributed by atoms with E-state index in [1.807, 2.05) is 0 Å². The highest BCUT2D eigenvalue weighted by Crippen LogP contribution is 2.34. The molecule has 21 heavy (non-hydrogen) atoms. The number of aliphatic hydroxyl groups is 1. The molecule has 2 saturated heterocycles. The minimum Gasteiger partial charge on any atom is -0.396 e. The summed E-state index contributed by atoms with van der Waals surface area (Å²) in [6.07, 6.45) is 2.42. The van der Waals surface area contributed by atoms with Gasteiger partial charge in [0.05, 0.1) is 0 Å². The third-order valence-electron chi connectivity index (χ3n) is 5.91. The molecule has 0 aliphatic carbocycles. The normalized spacial score (nSPS) is 29.1. The van der Waals surface area contributed by atoms with Crippen LogP contribution in [0.3, 0.4) is 0 Å². The van der Waals surface area contributed by atoms with Crippen molar-refractivity contribution in [2.75, 3.05) is 39.8 Å². The standard InChI is InChI=1S/C17H35N3O/c1-13(2)20-7-6-14(15(11-20)12-21)8-17(3,4)19(5)16-9-18-10-16/h13-16,18,21H,6-12H2,1-5H3/t14?,15-/m1/s1. The maximum absolute atomic E-state index is 9.81. The predicted molar refractivity (Wildman–Crippen MR) is 88.5 cm³/mol. The van der Waals surface area contributed by atoms with Crippen molar-refractivity contribution in [2.45, 2.75) is 58.2 Å². The molecule has 2 aliphatic heterocycles. The molecule has 0 saturated carbocycles. The summed E-state index contributed by atoms with van der Waals surface area (Å²) in [6.45, 7) is 14.1. The predicted octanol–water partition coefficient (Wildman–Crippen LogP) is 1.40. The summed E-state index contributed by atoms with van der Waals surface area (Å²) in [5, 5.41) is 13.2. The van der Waals surface area contributed by atoms with Gasteiger partial charge in [0.15, 0.2) is 0 Å². The van der Waals surface area contributed by atoms with E-state index in [1.165, 1.54) is 19.4 Å². The van der Waals surface area contributed by atoms with Crippen molar-refractivity contribution in [2.24, 2.45) is 11.8 Å². The maximum Gasteiger partial charge on any atom is 0.0474 e. The van der Waals surface area contributed by atoms with E-state index < -0.39 is 0 Å². The van der Waals surface area contributed by atoms with Crippen LogP contribution >= 0.6 is 0 Å². The molecule has 1 unspecified atom stereocenters. The Morgan fingerprint density at radius 1 is 1.29 bits per heavy atom. The number of nitrogens with one attached hydrogen (secondary N) is 1. The Balaban J connectivity index is 1.94. The Hall–Kier alpha value is -0.160. The maximum atomic E-state index is 9.81. The van der Waals surface area contributed by atoms with Crippen molar-refractivity contribution in [3.05, 3.63) is 0 Å². The molecule has 2 heterocycles. The van der Waals surface area contributed by atoms with Gasteiger partial charge in [-0.2, -0.15) is 0 Å². The number of hydrogen-bond donors (Lipinski definition) is 2. The zero-order valence-electron chi connectivity index (χ0n) is 14.6. The minimum absolute atomic E-state index is 0.213.